The van der Waals surface area contributed by atoms with Gasteiger partial charge >= 0.3 is 5.97 Å². The number of nitrogens with zero attached hydrogens (tertiary/aromatic N) is 2. The number of phenolic OH excluding ortho intramolecular Hbond substituents is 1. The Morgan fingerprint density at radius 1 is 1.11 bits per heavy atom. The predicted octanol–water partition coefficient (Wildman–Crippen LogP) is 4.40. The molecule has 0 spiro atoms. The van der Waals surface area contributed by atoms with Crippen LogP contribution in [0.2, 0.25) is 0 Å². The molecule has 2 heterocycles. The molecule has 4 aromatic rings. The highest BCUT2D eigenvalue weighted by atomic mass is 79.9. The number of esters is 1. The van der Waals surface area contributed by atoms with Crippen molar-refractivity contribution in [3.8, 4) is 5.75 Å². The Kier molecular flexibility index (Phi) is 6.71. The van der Waals surface area contributed by atoms with Gasteiger partial charge in [0.1, 0.15) is 5.75 Å². The molecule has 0 fully saturated rings. The Hall–Kier alpha value is -3.75. The van der Waals surface area contributed by atoms with Crippen molar-refractivity contribution in [2.45, 2.75) is 13.0 Å². The Bertz CT molecular complexity index is 1660. The normalized spacial score (nSPS) is 15.4. The molecule has 0 amide bonds. The molecule has 3 aromatic carbocycles. The van der Waals surface area contributed by atoms with Crippen LogP contribution in [0, 0.1) is 0 Å². The highest BCUT2D eigenvalue weighted by Crippen LogP contribution is 2.35. The summed E-state index contributed by atoms with van der Waals surface area (Å²) in [6.45, 7) is 1.95. The number of rotatable bonds is 5. The van der Waals surface area contributed by atoms with E-state index in [0.29, 0.717) is 25.1 Å². The van der Waals surface area contributed by atoms with E-state index in [2.05, 4.69) is 15.9 Å². The topological polar surface area (TPSA) is 80.9 Å². The smallest absolute Gasteiger partial charge is 0.338 e. The molecule has 0 aliphatic carbocycles. The van der Waals surface area contributed by atoms with Crippen molar-refractivity contribution in [3.63, 3.8) is 0 Å². The summed E-state index contributed by atoms with van der Waals surface area (Å²) in [5, 5.41) is 9.83. The zero-order valence-electron chi connectivity index (χ0n) is 19.2. The molecule has 6 nitrogen and oxygen atoms in total. The molecule has 0 saturated carbocycles. The molecular formula is C28H21BrN2O4S. The van der Waals surface area contributed by atoms with Gasteiger partial charge in [-0.05, 0) is 52.2 Å². The monoisotopic (exact) mass is 560 g/mol. The average Bonchev–Trinajstić information content (AvgIpc) is 3.21. The van der Waals surface area contributed by atoms with Gasteiger partial charge in [-0.2, -0.15) is 0 Å². The molecule has 0 bridgehead atoms. The number of ether oxygens (including phenoxy) is 1. The SMILES string of the molecule is CCOC(=O)C1=C(c2ccccc2)N=c2s/c(=C\c3ccc(O)c(Br)c3)c(=O)n2[C@@H]1c1ccccc1. The van der Waals surface area contributed by atoms with Crippen LogP contribution in [0.15, 0.2) is 98.7 Å². The molecule has 1 N–H and O–H groups in total. The summed E-state index contributed by atoms with van der Waals surface area (Å²) < 4.78 is 8.02. The number of aromatic hydroxyl groups is 1. The van der Waals surface area contributed by atoms with Crippen LogP contribution in [-0.4, -0.2) is 22.2 Å². The lowest BCUT2D eigenvalue weighted by Crippen LogP contribution is -2.39. The van der Waals surface area contributed by atoms with Gasteiger partial charge in [0.05, 0.1) is 32.9 Å². The quantitative estimate of drug-likeness (QED) is 0.367. The Morgan fingerprint density at radius 3 is 2.47 bits per heavy atom. The Morgan fingerprint density at radius 2 is 1.81 bits per heavy atom. The summed E-state index contributed by atoms with van der Waals surface area (Å²) in [5.74, 6) is -0.394. The number of hydrogen-bond acceptors (Lipinski definition) is 6. The number of benzene rings is 3. The lowest BCUT2D eigenvalue weighted by Gasteiger charge is -2.25. The van der Waals surface area contributed by atoms with E-state index >= 15 is 0 Å². The Balaban J connectivity index is 1.82. The van der Waals surface area contributed by atoms with Crippen molar-refractivity contribution in [1.82, 2.24) is 4.57 Å². The first-order valence-corrected chi connectivity index (χ1v) is 12.9. The summed E-state index contributed by atoms with van der Waals surface area (Å²) in [6, 6.07) is 23.2. The van der Waals surface area contributed by atoms with E-state index in [0.717, 1.165) is 16.7 Å². The van der Waals surface area contributed by atoms with Crippen molar-refractivity contribution in [3.05, 3.63) is 125 Å². The van der Waals surface area contributed by atoms with Gasteiger partial charge in [0, 0.05) is 5.56 Å². The van der Waals surface area contributed by atoms with Crippen LogP contribution in [-0.2, 0) is 9.53 Å². The van der Waals surface area contributed by atoms with Gasteiger partial charge in [0.25, 0.3) is 5.56 Å². The molecule has 1 aromatic heterocycles. The Labute approximate surface area is 219 Å². The minimum absolute atomic E-state index is 0.115. The maximum atomic E-state index is 13.8. The van der Waals surface area contributed by atoms with E-state index in [1.54, 1.807) is 35.8 Å². The number of hydrogen-bond donors (Lipinski definition) is 1. The van der Waals surface area contributed by atoms with E-state index in [9.17, 15) is 14.7 Å². The lowest BCUT2D eigenvalue weighted by molar-refractivity contribution is -0.138. The van der Waals surface area contributed by atoms with Gasteiger partial charge in [-0.15, -0.1) is 0 Å². The third-order valence-corrected chi connectivity index (χ3v) is 7.38. The second-order valence-electron chi connectivity index (χ2n) is 8.05. The van der Waals surface area contributed by atoms with Crippen molar-refractivity contribution < 1.29 is 14.6 Å². The predicted molar refractivity (Wildman–Crippen MR) is 143 cm³/mol. The van der Waals surface area contributed by atoms with Crippen molar-refractivity contribution in [1.29, 1.82) is 0 Å². The summed E-state index contributed by atoms with van der Waals surface area (Å²) in [6.07, 6.45) is 1.76. The number of carbonyl (C=O) groups excluding carboxylic acids is 1. The number of aromatic nitrogens is 1. The fourth-order valence-corrected chi connectivity index (χ4v) is 5.55. The van der Waals surface area contributed by atoms with E-state index in [-0.39, 0.29) is 17.9 Å². The third kappa shape index (κ3) is 4.45. The van der Waals surface area contributed by atoms with Crippen LogP contribution in [0.5, 0.6) is 5.75 Å². The molecule has 1 aliphatic heterocycles. The molecule has 0 radical (unpaired) electrons. The first-order chi connectivity index (χ1) is 17.5. The van der Waals surface area contributed by atoms with Crippen molar-refractivity contribution in [2.75, 3.05) is 6.61 Å². The van der Waals surface area contributed by atoms with Crippen LogP contribution < -0.4 is 14.9 Å². The van der Waals surface area contributed by atoms with E-state index < -0.39 is 12.0 Å². The minimum Gasteiger partial charge on any atom is -0.507 e. The molecule has 0 unspecified atom stereocenters. The van der Waals surface area contributed by atoms with Gasteiger partial charge in [-0.3, -0.25) is 9.36 Å². The molecule has 1 atom stereocenters. The fraction of sp³-hybridized carbons (Fsp3) is 0.107. The number of fused-ring (bicyclic) bond motifs is 1. The minimum atomic E-state index is -0.703. The maximum Gasteiger partial charge on any atom is 0.338 e. The van der Waals surface area contributed by atoms with Crippen LogP contribution in [0.25, 0.3) is 11.8 Å². The third-order valence-electron chi connectivity index (χ3n) is 5.76. The molecule has 36 heavy (non-hydrogen) atoms. The van der Waals surface area contributed by atoms with Gasteiger partial charge < -0.3 is 9.84 Å². The second-order valence-corrected chi connectivity index (χ2v) is 9.92. The number of halogens is 1. The van der Waals surface area contributed by atoms with Crippen LogP contribution in [0.3, 0.4) is 0 Å². The molecular weight excluding hydrogens is 540 g/mol. The van der Waals surface area contributed by atoms with Gasteiger partial charge in [0.15, 0.2) is 4.80 Å². The average molecular weight is 561 g/mol. The fourth-order valence-electron chi connectivity index (χ4n) is 4.16. The number of carbonyl (C=O) groups is 1. The molecule has 180 valence electrons. The number of phenols is 1. The van der Waals surface area contributed by atoms with E-state index in [1.807, 2.05) is 60.7 Å². The van der Waals surface area contributed by atoms with Gasteiger partial charge in [0.2, 0.25) is 0 Å². The van der Waals surface area contributed by atoms with Crippen LogP contribution in [0.1, 0.15) is 29.7 Å². The molecule has 0 saturated heterocycles. The summed E-state index contributed by atoms with van der Waals surface area (Å²) in [4.78, 5) is 32.4. The first kappa shape index (κ1) is 24.0. The molecule has 5 rings (SSSR count). The van der Waals surface area contributed by atoms with Gasteiger partial charge in [-0.1, -0.05) is 78.1 Å². The summed E-state index contributed by atoms with van der Waals surface area (Å²) >= 11 is 4.58. The van der Waals surface area contributed by atoms with E-state index in [1.165, 1.54) is 11.3 Å². The first-order valence-electron chi connectivity index (χ1n) is 11.3. The zero-order valence-corrected chi connectivity index (χ0v) is 21.6. The molecule has 8 heteroatoms. The zero-order chi connectivity index (χ0) is 25.2. The highest BCUT2D eigenvalue weighted by molar-refractivity contribution is 9.10. The second kappa shape index (κ2) is 10.1. The summed E-state index contributed by atoms with van der Waals surface area (Å²) in [5.41, 5.74) is 2.84. The van der Waals surface area contributed by atoms with Crippen molar-refractivity contribution in [2.24, 2.45) is 4.99 Å². The number of thiazole rings is 1. The highest BCUT2D eigenvalue weighted by Gasteiger charge is 2.35. The van der Waals surface area contributed by atoms with E-state index in [4.69, 9.17) is 9.73 Å². The standard InChI is InChI=1S/C28H21BrN2O4S/c1-2-35-27(34)23-24(18-9-5-3-6-10-18)30-28-31(25(23)19-11-7-4-8-12-19)26(33)22(36-28)16-17-13-14-21(32)20(29)15-17/h3-16,25,32H,2H2,1H3/b22-16-/t25-/m1/s1. The van der Waals surface area contributed by atoms with Crippen molar-refractivity contribution >= 4 is 45.0 Å². The largest absolute Gasteiger partial charge is 0.507 e. The molecule has 1 aliphatic rings. The lowest BCUT2D eigenvalue weighted by atomic mass is 9.93. The maximum absolute atomic E-state index is 13.8. The van der Waals surface area contributed by atoms with Gasteiger partial charge in [-0.25, -0.2) is 9.79 Å². The summed E-state index contributed by atoms with van der Waals surface area (Å²) in [7, 11) is 0. The van der Waals surface area contributed by atoms with Crippen LogP contribution in [0.4, 0.5) is 0 Å². The van der Waals surface area contributed by atoms with Crippen LogP contribution >= 0.6 is 27.3 Å².